The summed E-state index contributed by atoms with van der Waals surface area (Å²) in [6.45, 7) is 1.95. The van der Waals surface area contributed by atoms with E-state index in [1.54, 1.807) is 13.3 Å². The van der Waals surface area contributed by atoms with Crippen LogP contribution < -0.4 is 10.5 Å². The van der Waals surface area contributed by atoms with E-state index in [1.165, 1.54) is 0 Å². The number of nitrogens with zero attached hydrogens (tertiary/aromatic N) is 1. The van der Waals surface area contributed by atoms with Crippen LogP contribution in [0.1, 0.15) is 28.7 Å². The van der Waals surface area contributed by atoms with Crippen molar-refractivity contribution in [3.05, 3.63) is 52.7 Å². The van der Waals surface area contributed by atoms with Gasteiger partial charge in [-0.05, 0) is 54.7 Å². The van der Waals surface area contributed by atoms with E-state index in [1.807, 2.05) is 31.2 Å². The summed E-state index contributed by atoms with van der Waals surface area (Å²) in [6, 6.07) is 7.70. The summed E-state index contributed by atoms with van der Waals surface area (Å²) in [5, 5.41) is 11.2. The molecule has 0 bridgehead atoms. The molecule has 0 fully saturated rings. The molecule has 0 saturated carbocycles. The van der Waals surface area contributed by atoms with Crippen LogP contribution in [0.2, 0.25) is 0 Å². The van der Waals surface area contributed by atoms with Gasteiger partial charge in [0.2, 0.25) is 0 Å². The second-order valence-corrected chi connectivity index (χ2v) is 5.27. The summed E-state index contributed by atoms with van der Waals surface area (Å²) in [6.07, 6.45) is 3.11. The number of hydrogen-bond donors (Lipinski definition) is 2. The molecule has 0 radical (unpaired) electrons. The van der Waals surface area contributed by atoms with Gasteiger partial charge in [-0.15, -0.1) is 0 Å². The summed E-state index contributed by atoms with van der Waals surface area (Å²) in [5.41, 5.74) is 8.61. The van der Waals surface area contributed by atoms with Gasteiger partial charge in [0, 0.05) is 11.8 Å². The highest BCUT2D eigenvalue weighted by Crippen LogP contribution is 2.45. The van der Waals surface area contributed by atoms with Gasteiger partial charge in [0.15, 0.2) is 0 Å². The van der Waals surface area contributed by atoms with Crippen LogP contribution in [0.15, 0.2) is 30.5 Å². The van der Waals surface area contributed by atoms with Gasteiger partial charge in [-0.2, -0.15) is 0 Å². The lowest BCUT2D eigenvalue weighted by Gasteiger charge is -2.27. The zero-order valence-electron chi connectivity index (χ0n) is 11.7. The first-order valence-corrected chi connectivity index (χ1v) is 6.67. The fraction of sp³-hybridized carbons (Fsp3) is 0.312. The van der Waals surface area contributed by atoms with Gasteiger partial charge in [0.1, 0.15) is 17.2 Å². The van der Waals surface area contributed by atoms with Crippen molar-refractivity contribution in [1.82, 2.24) is 4.98 Å². The van der Waals surface area contributed by atoms with Gasteiger partial charge >= 0.3 is 0 Å². The van der Waals surface area contributed by atoms with E-state index in [0.717, 1.165) is 28.9 Å². The maximum absolute atomic E-state index is 11.2. The van der Waals surface area contributed by atoms with Crippen LogP contribution in [0.3, 0.4) is 0 Å². The van der Waals surface area contributed by atoms with Crippen molar-refractivity contribution in [3.8, 4) is 5.75 Å². The molecule has 1 atom stereocenters. The molecule has 1 aromatic carbocycles. The van der Waals surface area contributed by atoms with Gasteiger partial charge < -0.3 is 15.6 Å². The number of anilines is 1. The Hall–Kier alpha value is -2.07. The smallest absolute Gasteiger partial charge is 0.130 e. The third kappa shape index (κ3) is 1.76. The summed E-state index contributed by atoms with van der Waals surface area (Å²) >= 11 is 0. The maximum Gasteiger partial charge on any atom is 0.130 e. The Balaban J connectivity index is 2.21. The first-order valence-electron chi connectivity index (χ1n) is 6.67. The van der Waals surface area contributed by atoms with Crippen molar-refractivity contribution < 1.29 is 9.84 Å². The lowest BCUT2D eigenvalue weighted by molar-refractivity contribution is 0.0825. The number of pyridine rings is 1. The predicted molar refractivity (Wildman–Crippen MR) is 77.7 cm³/mol. The van der Waals surface area contributed by atoms with Gasteiger partial charge in [-0.25, -0.2) is 4.98 Å². The summed E-state index contributed by atoms with van der Waals surface area (Å²) in [5.74, 6) is 1.13. The predicted octanol–water partition coefficient (Wildman–Crippen LogP) is 2.16. The van der Waals surface area contributed by atoms with E-state index in [-0.39, 0.29) is 0 Å². The molecule has 1 aliphatic carbocycles. The highest BCUT2D eigenvalue weighted by Gasteiger charge is 2.41. The molecule has 1 aliphatic rings. The molecule has 20 heavy (non-hydrogen) atoms. The maximum atomic E-state index is 11.2. The minimum atomic E-state index is -1.08. The zero-order valence-corrected chi connectivity index (χ0v) is 11.7. The van der Waals surface area contributed by atoms with E-state index >= 15 is 0 Å². The molecule has 0 amide bonds. The van der Waals surface area contributed by atoms with Crippen molar-refractivity contribution in [2.24, 2.45) is 0 Å². The van der Waals surface area contributed by atoms with Gasteiger partial charge in [0.25, 0.3) is 0 Å². The molecule has 1 aromatic heterocycles. The zero-order chi connectivity index (χ0) is 14.3. The molecule has 3 rings (SSSR count). The molecule has 1 heterocycles. The first-order chi connectivity index (χ1) is 9.56. The highest BCUT2D eigenvalue weighted by atomic mass is 16.5. The Kier molecular flexibility index (Phi) is 2.91. The molecule has 1 unspecified atom stereocenters. The summed E-state index contributed by atoms with van der Waals surface area (Å²) < 4.78 is 5.27. The molecular formula is C16H18N2O2. The first kappa shape index (κ1) is 12.9. The lowest BCUT2D eigenvalue weighted by atomic mass is 9.85. The number of hydrogen-bond acceptors (Lipinski definition) is 4. The fourth-order valence-electron chi connectivity index (χ4n) is 3.11. The van der Waals surface area contributed by atoms with Crippen molar-refractivity contribution >= 4 is 5.82 Å². The molecule has 3 N–H and O–H groups in total. The molecule has 2 aromatic rings. The van der Waals surface area contributed by atoms with Crippen LogP contribution >= 0.6 is 0 Å². The van der Waals surface area contributed by atoms with E-state index in [9.17, 15) is 5.11 Å². The number of aromatic nitrogens is 1. The van der Waals surface area contributed by atoms with Crippen LogP contribution in [0.4, 0.5) is 5.82 Å². The topological polar surface area (TPSA) is 68.4 Å². The molecule has 4 nitrogen and oxygen atoms in total. The number of benzene rings is 1. The summed E-state index contributed by atoms with van der Waals surface area (Å²) in [4.78, 5) is 4.13. The van der Waals surface area contributed by atoms with Crippen LogP contribution in [-0.4, -0.2) is 17.2 Å². The monoisotopic (exact) mass is 270 g/mol. The standard InChI is InChI=1S/C16H18N2O2/c1-10-6-8-18-15(17)14(10)16(19)7-5-11-3-4-12(20-2)9-13(11)16/h3-4,6,8-9,19H,5,7H2,1-2H3,(H2,17,18). The molecule has 104 valence electrons. The molecule has 0 aliphatic heterocycles. The molecule has 0 saturated heterocycles. The SMILES string of the molecule is COc1ccc2c(c1)C(O)(c1c(C)ccnc1N)CC2. The number of nitrogens with two attached hydrogens (primary N) is 1. The van der Waals surface area contributed by atoms with Gasteiger partial charge in [-0.1, -0.05) is 6.07 Å². The average Bonchev–Trinajstić information content (AvgIpc) is 2.76. The van der Waals surface area contributed by atoms with Crippen molar-refractivity contribution in [2.75, 3.05) is 12.8 Å². The average molecular weight is 270 g/mol. The minimum Gasteiger partial charge on any atom is -0.497 e. The van der Waals surface area contributed by atoms with Gasteiger partial charge in [-0.3, -0.25) is 0 Å². The Morgan fingerprint density at radius 1 is 1.35 bits per heavy atom. The Morgan fingerprint density at radius 2 is 2.15 bits per heavy atom. The van der Waals surface area contributed by atoms with Crippen LogP contribution in [0.5, 0.6) is 5.75 Å². The second-order valence-electron chi connectivity index (χ2n) is 5.27. The van der Waals surface area contributed by atoms with E-state index in [2.05, 4.69) is 4.98 Å². The third-order valence-corrected chi connectivity index (χ3v) is 4.12. The normalized spacial score (nSPS) is 20.8. The molecule has 0 spiro atoms. The van der Waals surface area contributed by atoms with Crippen molar-refractivity contribution in [1.29, 1.82) is 0 Å². The summed E-state index contributed by atoms with van der Waals surface area (Å²) in [7, 11) is 1.62. The van der Waals surface area contributed by atoms with Gasteiger partial charge in [0.05, 0.1) is 7.11 Å². The quantitative estimate of drug-likeness (QED) is 0.877. The Morgan fingerprint density at radius 3 is 2.85 bits per heavy atom. The number of rotatable bonds is 2. The minimum absolute atomic E-state index is 0.392. The van der Waals surface area contributed by atoms with Crippen LogP contribution in [0.25, 0.3) is 0 Å². The number of methoxy groups -OCH3 is 1. The highest BCUT2D eigenvalue weighted by molar-refractivity contribution is 5.57. The van der Waals surface area contributed by atoms with Crippen LogP contribution in [-0.2, 0) is 12.0 Å². The van der Waals surface area contributed by atoms with Crippen LogP contribution in [0, 0.1) is 6.92 Å². The van der Waals surface area contributed by atoms with E-state index in [4.69, 9.17) is 10.5 Å². The lowest BCUT2D eigenvalue weighted by Crippen LogP contribution is -2.27. The Bertz CT molecular complexity index is 649. The van der Waals surface area contributed by atoms with E-state index < -0.39 is 5.60 Å². The number of ether oxygens (including phenoxy) is 1. The molecule has 4 heteroatoms. The van der Waals surface area contributed by atoms with Crippen molar-refractivity contribution in [2.45, 2.75) is 25.4 Å². The number of aryl methyl sites for hydroxylation is 2. The van der Waals surface area contributed by atoms with E-state index in [0.29, 0.717) is 17.8 Å². The largest absolute Gasteiger partial charge is 0.497 e. The molecular weight excluding hydrogens is 252 g/mol. The fourth-order valence-corrected chi connectivity index (χ4v) is 3.11. The number of fused-ring (bicyclic) bond motifs is 1. The third-order valence-electron chi connectivity index (χ3n) is 4.12. The van der Waals surface area contributed by atoms with Crippen molar-refractivity contribution in [3.63, 3.8) is 0 Å². The number of aliphatic hydroxyl groups is 1. The Labute approximate surface area is 118 Å². The number of nitrogen functional groups attached to an aromatic ring is 1. The second kappa shape index (κ2) is 4.49.